The maximum absolute atomic E-state index is 12.8. The van der Waals surface area contributed by atoms with Crippen LogP contribution in [0.4, 0.5) is 5.69 Å². The van der Waals surface area contributed by atoms with Crippen LogP contribution in [0.2, 0.25) is 0 Å². The van der Waals surface area contributed by atoms with Gasteiger partial charge in [0.25, 0.3) is 10.0 Å². The minimum Gasteiger partial charge on any atom is -0.324 e. The minimum atomic E-state index is -3.63. The van der Waals surface area contributed by atoms with Crippen molar-refractivity contribution in [3.8, 4) is 0 Å². The molecule has 2 aromatic carbocycles. The highest BCUT2D eigenvalue weighted by molar-refractivity contribution is 7.90. The number of nitrogens with one attached hydrogen (secondary N) is 2. The Morgan fingerprint density at radius 2 is 1.89 bits per heavy atom. The molecule has 0 aliphatic carbocycles. The van der Waals surface area contributed by atoms with Crippen LogP contribution in [0.1, 0.15) is 31.9 Å². The number of carbonyl (C=O) groups is 1. The van der Waals surface area contributed by atoms with Gasteiger partial charge in [0, 0.05) is 11.3 Å². The average Bonchev–Trinajstić information content (AvgIpc) is 2.90. The van der Waals surface area contributed by atoms with Gasteiger partial charge in [-0.15, -0.1) is 0 Å². The zero-order valence-electron chi connectivity index (χ0n) is 15.6. The Kier molecular flexibility index (Phi) is 5.32. The van der Waals surface area contributed by atoms with E-state index in [0.29, 0.717) is 11.3 Å². The second-order valence-corrected chi connectivity index (χ2v) is 8.46. The Balaban J connectivity index is 1.90. The van der Waals surface area contributed by atoms with Gasteiger partial charge in [-0.05, 0) is 42.2 Å². The van der Waals surface area contributed by atoms with Crippen LogP contribution >= 0.6 is 0 Å². The molecule has 0 saturated heterocycles. The first-order chi connectivity index (χ1) is 12.8. The van der Waals surface area contributed by atoms with Crippen molar-refractivity contribution < 1.29 is 13.2 Å². The zero-order valence-corrected chi connectivity index (χ0v) is 16.4. The number of carbonyl (C=O) groups excluding carboxylic acids is 1. The molecule has 0 fully saturated rings. The predicted molar refractivity (Wildman–Crippen MR) is 106 cm³/mol. The average molecular weight is 385 g/mol. The van der Waals surface area contributed by atoms with Gasteiger partial charge < -0.3 is 5.32 Å². The standard InChI is InChI=1S/C20H23N3O3S/c1-4-14-8-7-9-15(12-14)21-20(24)18(13(2)3)22-19-16-10-5-6-11-17(16)27(25,26)23-19/h5-13,18H,4H2,1-3H3,(H,21,24)(H,22,23)/t18-/m0/s1. The van der Waals surface area contributed by atoms with Crippen LogP contribution in [0.25, 0.3) is 0 Å². The minimum absolute atomic E-state index is 0.107. The summed E-state index contributed by atoms with van der Waals surface area (Å²) in [6.45, 7) is 5.81. The van der Waals surface area contributed by atoms with Crippen LogP contribution in [0.3, 0.4) is 0 Å². The number of benzene rings is 2. The maximum atomic E-state index is 12.8. The van der Waals surface area contributed by atoms with Crippen LogP contribution in [0.15, 0.2) is 58.4 Å². The van der Waals surface area contributed by atoms with Crippen LogP contribution in [0, 0.1) is 5.92 Å². The number of sulfonamides is 1. The number of aryl methyl sites for hydroxylation is 1. The maximum Gasteiger partial charge on any atom is 0.263 e. The van der Waals surface area contributed by atoms with Crippen LogP contribution in [-0.4, -0.2) is 26.2 Å². The molecule has 6 nitrogen and oxygen atoms in total. The van der Waals surface area contributed by atoms with Gasteiger partial charge in [-0.25, -0.2) is 8.42 Å². The lowest BCUT2D eigenvalue weighted by atomic mass is 10.0. The van der Waals surface area contributed by atoms with Crippen LogP contribution < -0.4 is 10.0 Å². The molecule has 1 aliphatic rings. The third-order valence-corrected chi connectivity index (χ3v) is 5.83. The van der Waals surface area contributed by atoms with Crippen molar-refractivity contribution in [2.45, 2.75) is 38.1 Å². The number of amidine groups is 1. The first-order valence-electron chi connectivity index (χ1n) is 8.91. The highest BCUT2D eigenvalue weighted by atomic mass is 32.2. The van der Waals surface area contributed by atoms with Crippen LogP contribution in [-0.2, 0) is 21.2 Å². The Bertz CT molecular complexity index is 997. The van der Waals surface area contributed by atoms with Crippen molar-refractivity contribution in [2.75, 3.05) is 5.32 Å². The highest BCUT2D eigenvalue weighted by Crippen LogP contribution is 2.24. The Labute approximate surface area is 159 Å². The summed E-state index contributed by atoms with van der Waals surface area (Å²) in [5.74, 6) is -0.166. The molecule has 3 rings (SSSR count). The number of nitrogens with zero attached hydrogens (tertiary/aromatic N) is 1. The van der Waals surface area contributed by atoms with E-state index in [9.17, 15) is 13.2 Å². The molecular weight excluding hydrogens is 362 g/mol. The van der Waals surface area contributed by atoms with E-state index < -0.39 is 16.1 Å². The molecule has 1 amide bonds. The Morgan fingerprint density at radius 1 is 1.15 bits per heavy atom. The van der Waals surface area contributed by atoms with Gasteiger partial charge in [0.2, 0.25) is 5.91 Å². The van der Waals surface area contributed by atoms with Crippen molar-refractivity contribution in [1.29, 1.82) is 0 Å². The molecule has 27 heavy (non-hydrogen) atoms. The molecule has 0 aromatic heterocycles. The fourth-order valence-corrected chi connectivity index (χ4v) is 4.20. The van der Waals surface area contributed by atoms with Crippen molar-refractivity contribution in [1.82, 2.24) is 4.72 Å². The molecule has 0 spiro atoms. The molecule has 7 heteroatoms. The van der Waals surface area contributed by atoms with Crippen molar-refractivity contribution in [2.24, 2.45) is 10.9 Å². The summed E-state index contributed by atoms with van der Waals surface area (Å²) in [7, 11) is -3.63. The lowest BCUT2D eigenvalue weighted by Gasteiger charge is -2.17. The smallest absolute Gasteiger partial charge is 0.263 e. The van der Waals surface area contributed by atoms with E-state index >= 15 is 0 Å². The molecule has 0 bridgehead atoms. The molecule has 1 atom stereocenters. The predicted octanol–water partition coefficient (Wildman–Crippen LogP) is 2.95. The molecule has 142 valence electrons. The van der Waals surface area contributed by atoms with Gasteiger partial charge in [-0.1, -0.05) is 45.0 Å². The van der Waals surface area contributed by atoms with Gasteiger partial charge >= 0.3 is 0 Å². The summed E-state index contributed by atoms with van der Waals surface area (Å²) in [5, 5.41) is 2.89. The number of anilines is 1. The lowest BCUT2D eigenvalue weighted by Crippen LogP contribution is -2.34. The van der Waals surface area contributed by atoms with E-state index in [-0.39, 0.29) is 22.6 Å². The summed E-state index contributed by atoms with van der Waals surface area (Å²) < 4.78 is 27.0. The van der Waals surface area contributed by atoms with Crippen molar-refractivity contribution >= 4 is 27.5 Å². The quantitative estimate of drug-likeness (QED) is 0.829. The summed E-state index contributed by atoms with van der Waals surface area (Å²) >= 11 is 0. The van der Waals surface area contributed by atoms with Gasteiger partial charge in [0.05, 0.1) is 4.90 Å². The Morgan fingerprint density at radius 3 is 2.59 bits per heavy atom. The fraction of sp³-hybridized carbons (Fsp3) is 0.300. The monoisotopic (exact) mass is 385 g/mol. The third-order valence-electron chi connectivity index (χ3n) is 4.43. The van der Waals surface area contributed by atoms with Crippen LogP contribution in [0.5, 0.6) is 0 Å². The molecular formula is C20H23N3O3S. The van der Waals surface area contributed by atoms with E-state index in [2.05, 4.69) is 15.0 Å². The number of hydrogen-bond acceptors (Lipinski definition) is 4. The van der Waals surface area contributed by atoms with Gasteiger partial charge in [0.15, 0.2) is 0 Å². The topological polar surface area (TPSA) is 87.6 Å². The van der Waals surface area contributed by atoms with Crippen molar-refractivity contribution in [3.63, 3.8) is 0 Å². The fourth-order valence-electron chi connectivity index (χ4n) is 2.96. The number of fused-ring (bicyclic) bond motifs is 1. The number of aliphatic imine (C=N–C) groups is 1. The SMILES string of the molecule is CCc1cccc(NC(=O)[C@@H](N=C2NS(=O)(=O)c3ccccc32)C(C)C)c1. The largest absolute Gasteiger partial charge is 0.324 e. The normalized spacial score (nSPS) is 17.4. The summed E-state index contributed by atoms with van der Waals surface area (Å²) in [5.41, 5.74) is 2.32. The summed E-state index contributed by atoms with van der Waals surface area (Å²) in [6.07, 6.45) is 0.873. The number of amides is 1. The lowest BCUT2D eigenvalue weighted by molar-refractivity contribution is -0.118. The Hall–Kier alpha value is -2.67. The second kappa shape index (κ2) is 7.52. The first kappa shape index (κ1) is 19.1. The van der Waals surface area contributed by atoms with Gasteiger partial charge in [-0.2, -0.15) is 0 Å². The summed E-state index contributed by atoms with van der Waals surface area (Å²) in [6, 6.07) is 13.6. The molecule has 1 heterocycles. The number of hydrogen-bond donors (Lipinski definition) is 2. The molecule has 0 unspecified atom stereocenters. The second-order valence-electron chi connectivity index (χ2n) is 6.81. The molecule has 0 radical (unpaired) electrons. The summed E-state index contributed by atoms with van der Waals surface area (Å²) in [4.78, 5) is 17.5. The third kappa shape index (κ3) is 4.03. The number of rotatable bonds is 5. The highest BCUT2D eigenvalue weighted by Gasteiger charge is 2.32. The van der Waals surface area contributed by atoms with E-state index in [1.165, 1.54) is 6.07 Å². The van der Waals surface area contributed by atoms with E-state index in [4.69, 9.17) is 0 Å². The first-order valence-corrected chi connectivity index (χ1v) is 10.4. The van der Waals surface area contributed by atoms with Crippen molar-refractivity contribution in [3.05, 3.63) is 59.7 Å². The van der Waals surface area contributed by atoms with E-state index in [0.717, 1.165) is 12.0 Å². The van der Waals surface area contributed by atoms with Gasteiger partial charge in [0.1, 0.15) is 11.9 Å². The zero-order chi connectivity index (χ0) is 19.6. The molecule has 2 aromatic rings. The van der Waals surface area contributed by atoms with Gasteiger partial charge in [-0.3, -0.25) is 14.5 Å². The molecule has 2 N–H and O–H groups in total. The molecule has 1 aliphatic heterocycles. The van der Waals surface area contributed by atoms with E-state index in [1.807, 2.05) is 45.0 Å². The molecule has 0 saturated carbocycles. The van der Waals surface area contributed by atoms with E-state index in [1.54, 1.807) is 18.2 Å².